The third-order valence-electron chi connectivity index (χ3n) is 3.79. The average molecular weight is 392 g/mol. The summed E-state index contributed by atoms with van der Waals surface area (Å²) in [6.07, 6.45) is 2.98. The fraction of sp³-hybridized carbons (Fsp3) is 0.600. The summed E-state index contributed by atoms with van der Waals surface area (Å²) in [4.78, 5) is 0. The molecule has 0 spiro atoms. The summed E-state index contributed by atoms with van der Waals surface area (Å²) in [5.41, 5.74) is 2.14. The molecule has 0 saturated heterocycles. The molecule has 1 N–H and O–H groups in total. The molecule has 1 atom stereocenters. The lowest BCUT2D eigenvalue weighted by atomic mass is 9.78. The van der Waals surface area contributed by atoms with E-state index in [1.54, 1.807) is 0 Å². The maximum atomic E-state index is 10.4. The van der Waals surface area contributed by atoms with E-state index in [9.17, 15) is 5.11 Å². The number of aliphatic hydroxyl groups is 1. The van der Waals surface area contributed by atoms with Gasteiger partial charge in [-0.1, -0.05) is 31.9 Å². The molecule has 19 heavy (non-hydrogen) atoms. The number of aryl methyl sites for hydroxylation is 1. The van der Waals surface area contributed by atoms with E-state index in [0.717, 1.165) is 40.4 Å². The van der Waals surface area contributed by atoms with Crippen molar-refractivity contribution in [2.45, 2.75) is 45.3 Å². The van der Waals surface area contributed by atoms with E-state index in [1.807, 2.05) is 26.0 Å². The van der Waals surface area contributed by atoms with Gasteiger partial charge in [0, 0.05) is 15.6 Å². The molecular weight excluding hydrogens is 372 g/mol. The van der Waals surface area contributed by atoms with Crippen LogP contribution in [0.4, 0.5) is 0 Å². The van der Waals surface area contributed by atoms with Crippen LogP contribution in [0.2, 0.25) is 0 Å². The Bertz CT molecular complexity index is 442. The molecule has 1 aromatic rings. The van der Waals surface area contributed by atoms with Crippen LogP contribution in [-0.4, -0.2) is 17.8 Å². The number of ether oxygens (including phenoxy) is 1. The molecule has 106 valence electrons. The maximum absolute atomic E-state index is 10.4. The Hall–Kier alpha value is 0.1000. The molecule has 1 fully saturated rings. The van der Waals surface area contributed by atoms with Crippen LogP contribution in [0.3, 0.4) is 0 Å². The molecular formula is C15H20Br2O2. The Balaban J connectivity index is 1.94. The molecule has 0 bridgehead atoms. The normalized spacial score (nSPS) is 24.1. The summed E-state index contributed by atoms with van der Waals surface area (Å²) < 4.78 is 7.59. The van der Waals surface area contributed by atoms with E-state index in [4.69, 9.17) is 4.74 Å². The van der Waals surface area contributed by atoms with E-state index in [-0.39, 0.29) is 0 Å². The second-order valence-corrected chi connectivity index (χ2v) is 7.00. The predicted molar refractivity (Wildman–Crippen MR) is 84.3 cm³/mol. The van der Waals surface area contributed by atoms with Crippen LogP contribution in [0.1, 0.15) is 43.4 Å². The third-order valence-corrected chi connectivity index (χ3v) is 5.33. The number of aliphatic hydroxyl groups excluding tert-OH is 1. The molecule has 4 heteroatoms. The minimum atomic E-state index is -0.404. The van der Waals surface area contributed by atoms with Crippen LogP contribution < -0.4 is 0 Å². The number of hydrogen-bond donors (Lipinski definition) is 1. The van der Waals surface area contributed by atoms with Gasteiger partial charge < -0.3 is 9.84 Å². The van der Waals surface area contributed by atoms with Crippen LogP contribution in [0.15, 0.2) is 21.1 Å². The van der Waals surface area contributed by atoms with Gasteiger partial charge in [-0.15, -0.1) is 0 Å². The van der Waals surface area contributed by atoms with Crippen molar-refractivity contribution in [1.82, 2.24) is 0 Å². The number of rotatable bonds is 5. The van der Waals surface area contributed by atoms with Gasteiger partial charge in [-0.3, -0.25) is 0 Å². The van der Waals surface area contributed by atoms with Crippen molar-refractivity contribution in [1.29, 1.82) is 0 Å². The summed E-state index contributed by atoms with van der Waals surface area (Å²) >= 11 is 7.07. The predicted octanol–water partition coefficient (Wildman–Crippen LogP) is 4.76. The van der Waals surface area contributed by atoms with Crippen molar-refractivity contribution in [3.05, 3.63) is 32.2 Å². The zero-order chi connectivity index (χ0) is 14.0. The Morgan fingerprint density at radius 2 is 2.00 bits per heavy atom. The minimum absolute atomic E-state index is 0.404. The SMILES string of the molecule is CCOC1CC(CC(O)c2cc(Br)c(C)cc2Br)C1. The van der Waals surface area contributed by atoms with Crippen LogP contribution in [0, 0.1) is 12.8 Å². The molecule has 1 unspecified atom stereocenters. The molecule has 0 heterocycles. The first kappa shape index (κ1) is 15.5. The van der Waals surface area contributed by atoms with Gasteiger partial charge in [0.1, 0.15) is 0 Å². The molecule has 0 radical (unpaired) electrons. The first-order chi connectivity index (χ1) is 9.01. The number of benzene rings is 1. The fourth-order valence-corrected chi connectivity index (χ4v) is 3.68. The molecule has 1 aliphatic carbocycles. The van der Waals surface area contributed by atoms with E-state index >= 15 is 0 Å². The molecule has 2 rings (SSSR count). The summed E-state index contributed by atoms with van der Waals surface area (Å²) in [6, 6.07) is 4.06. The average Bonchev–Trinajstić information content (AvgIpc) is 2.31. The van der Waals surface area contributed by atoms with Gasteiger partial charge in [0.25, 0.3) is 0 Å². The quantitative estimate of drug-likeness (QED) is 0.783. The second kappa shape index (κ2) is 6.70. The highest BCUT2D eigenvalue weighted by Gasteiger charge is 2.31. The van der Waals surface area contributed by atoms with Crippen LogP contribution in [0.25, 0.3) is 0 Å². The Kier molecular flexibility index (Phi) is 5.46. The fourth-order valence-electron chi connectivity index (χ4n) is 2.60. The Morgan fingerprint density at radius 3 is 2.63 bits per heavy atom. The van der Waals surface area contributed by atoms with Crippen LogP contribution in [-0.2, 0) is 4.74 Å². The zero-order valence-electron chi connectivity index (χ0n) is 11.3. The summed E-state index contributed by atoms with van der Waals surface area (Å²) in [7, 11) is 0. The van der Waals surface area contributed by atoms with E-state index in [1.165, 1.54) is 5.56 Å². The lowest BCUT2D eigenvalue weighted by Gasteiger charge is -2.36. The van der Waals surface area contributed by atoms with Gasteiger partial charge in [0.15, 0.2) is 0 Å². The third kappa shape index (κ3) is 3.81. The molecule has 1 aromatic carbocycles. The van der Waals surface area contributed by atoms with E-state index in [0.29, 0.717) is 12.0 Å². The highest BCUT2D eigenvalue weighted by Crippen LogP contribution is 2.39. The van der Waals surface area contributed by atoms with E-state index < -0.39 is 6.10 Å². The van der Waals surface area contributed by atoms with Crippen LogP contribution >= 0.6 is 31.9 Å². The van der Waals surface area contributed by atoms with Gasteiger partial charge in [0.2, 0.25) is 0 Å². The number of halogens is 2. The van der Waals surface area contributed by atoms with Crippen molar-refractivity contribution in [3.63, 3.8) is 0 Å². The van der Waals surface area contributed by atoms with Gasteiger partial charge >= 0.3 is 0 Å². The zero-order valence-corrected chi connectivity index (χ0v) is 14.5. The van der Waals surface area contributed by atoms with Crippen molar-refractivity contribution in [2.75, 3.05) is 6.61 Å². The highest BCUT2D eigenvalue weighted by atomic mass is 79.9. The van der Waals surface area contributed by atoms with Gasteiger partial charge in [0.05, 0.1) is 12.2 Å². The summed E-state index contributed by atoms with van der Waals surface area (Å²) in [5, 5.41) is 10.4. The summed E-state index contributed by atoms with van der Waals surface area (Å²) in [5.74, 6) is 0.582. The Labute approximate surface area is 131 Å². The van der Waals surface area contributed by atoms with Crippen molar-refractivity contribution in [2.24, 2.45) is 5.92 Å². The monoisotopic (exact) mass is 390 g/mol. The van der Waals surface area contributed by atoms with Crippen molar-refractivity contribution < 1.29 is 9.84 Å². The maximum Gasteiger partial charge on any atom is 0.0804 e. The number of hydrogen-bond acceptors (Lipinski definition) is 2. The van der Waals surface area contributed by atoms with Gasteiger partial charge in [-0.05, 0) is 62.3 Å². The first-order valence-corrected chi connectivity index (χ1v) is 8.35. The second-order valence-electron chi connectivity index (χ2n) is 5.29. The van der Waals surface area contributed by atoms with Crippen molar-refractivity contribution in [3.8, 4) is 0 Å². The van der Waals surface area contributed by atoms with Gasteiger partial charge in [-0.2, -0.15) is 0 Å². The lowest BCUT2D eigenvalue weighted by Crippen LogP contribution is -2.32. The van der Waals surface area contributed by atoms with Gasteiger partial charge in [-0.25, -0.2) is 0 Å². The van der Waals surface area contributed by atoms with E-state index in [2.05, 4.69) is 31.9 Å². The molecule has 1 saturated carbocycles. The van der Waals surface area contributed by atoms with Crippen LogP contribution in [0.5, 0.6) is 0 Å². The molecule has 0 amide bonds. The molecule has 0 aliphatic heterocycles. The van der Waals surface area contributed by atoms with Crippen molar-refractivity contribution >= 4 is 31.9 Å². The minimum Gasteiger partial charge on any atom is -0.388 e. The Morgan fingerprint density at radius 1 is 1.32 bits per heavy atom. The topological polar surface area (TPSA) is 29.5 Å². The molecule has 2 nitrogen and oxygen atoms in total. The lowest BCUT2D eigenvalue weighted by molar-refractivity contribution is -0.0380. The molecule has 0 aromatic heterocycles. The smallest absolute Gasteiger partial charge is 0.0804 e. The molecule has 1 aliphatic rings. The first-order valence-electron chi connectivity index (χ1n) is 6.76. The highest BCUT2D eigenvalue weighted by molar-refractivity contribution is 9.11. The largest absolute Gasteiger partial charge is 0.388 e. The standard InChI is InChI=1S/C15H20Br2O2/c1-3-19-11-5-10(6-11)7-15(18)12-8-13(16)9(2)4-14(12)17/h4,8,10-11,15,18H,3,5-7H2,1-2H3. The summed E-state index contributed by atoms with van der Waals surface area (Å²) in [6.45, 7) is 4.86.